The number of nitrogens with zero attached hydrogens (tertiary/aromatic N) is 2. The van der Waals surface area contributed by atoms with E-state index in [2.05, 4.69) is 57.6 Å². The van der Waals surface area contributed by atoms with E-state index in [1.165, 1.54) is 16.3 Å². The van der Waals surface area contributed by atoms with Crippen molar-refractivity contribution >= 4 is 45.4 Å². The molecule has 3 aromatic rings. The Morgan fingerprint density at radius 1 is 1.03 bits per heavy atom. The molecule has 3 aromatic carbocycles. The number of nitrogens with one attached hydrogen (secondary N) is 1. The van der Waals surface area contributed by atoms with E-state index in [4.69, 9.17) is 28.6 Å². The van der Waals surface area contributed by atoms with Crippen molar-refractivity contribution in [3.8, 4) is 5.75 Å². The number of halogens is 1. The molecule has 4 rings (SSSR count). The van der Waals surface area contributed by atoms with Gasteiger partial charge in [0, 0.05) is 37.7 Å². The van der Waals surface area contributed by atoms with Crippen molar-refractivity contribution in [1.82, 2.24) is 9.80 Å². The van der Waals surface area contributed by atoms with Gasteiger partial charge in [-0.15, -0.1) is 0 Å². The van der Waals surface area contributed by atoms with Crippen LogP contribution in [-0.2, 0) is 6.54 Å². The zero-order valence-corrected chi connectivity index (χ0v) is 18.0. The van der Waals surface area contributed by atoms with Gasteiger partial charge in [-0.3, -0.25) is 4.90 Å². The third kappa shape index (κ3) is 4.64. The largest absolute Gasteiger partial charge is 0.495 e. The molecule has 1 N–H and O–H groups in total. The second kappa shape index (κ2) is 8.99. The number of hydrogen-bond acceptors (Lipinski definition) is 3. The minimum Gasteiger partial charge on any atom is -0.495 e. The molecule has 4 nitrogen and oxygen atoms in total. The summed E-state index contributed by atoms with van der Waals surface area (Å²) in [6.45, 7) is 4.67. The summed E-state index contributed by atoms with van der Waals surface area (Å²) in [5, 5.41) is 7.27. The molecule has 0 radical (unpaired) electrons. The summed E-state index contributed by atoms with van der Waals surface area (Å²) in [4.78, 5) is 4.69. The molecule has 29 heavy (non-hydrogen) atoms. The van der Waals surface area contributed by atoms with Crippen molar-refractivity contribution < 1.29 is 4.74 Å². The number of anilines is 1. The molecule has 0 saturated carbocycles. The first-order valence-electron chi connectivity index (χ1n) is 9.72. The van der Waals surface area contributed by atoms with Gasteiger partial charge in [-0.1, -0.05) is 54.1 Å². The number of fused-ring (bicyclic) bond motifs is 1. The average Bonchev–Trinajstić information content (AvgIpc) is 2.75. The summed E-state index contributed by atoms with van der Waals surface area (Å²) in [6.07, 6.45) is 0. The summed E-state index contributed by atoms with van der Waals surface area (Å²) in [7, 11) is 1.64. The maximum atomic E-state index is 6.12. The van der Waals surface area contributed by atoms with E-state index in [9.17, 15) is 0 Å². The molecule has 1 fully saturated rings. The summed E-state index contributed by atoms with van der Waals surface area (Å²) in [5.74, 6) is 0.728. The monoisotopic (exact) mass is 425 g/mol. The predicted octanol–water partition coefficient (Wildman–Crippen LogP) is 5.02. The number of rotatable bonds is 4. The van der Waals surface area contributed by atoms with Crippen LogP contribution in [-0.4, -0.2) is 48.2 Å². The molecule has 0 unspecified atom stereocenters. The van der Waals surface area contributed by atoms with E-state index in [1.54, 1.807) is 13.2 Å². The molecule has 0 bridgehead atoms. The van der Waals surface area contributed by atoms with Crippen molar-refractivity contribution in [3.63, 3.8) is 0 Å². The van der Waals surface area contributed by atoms with Gasteiger partial charge in [-0.05, 0) is 46.8 Å². The number of thiocarbonyl (C=S) groups is 1. The van der Waals surface area contributed by atoms with E-state index in [0.717, 1.165) is 44.2 Å². The molecular weight excluding hydrogens is 402 g/mol. The van der Waals surface area contributed by atoms with E-state index in [-0.39, 0.29) is 0 Å². The first kappa shape index (κ1) is 20.0. The lowest BCUT2D eigenvalue weighted by molar-refractivity contribution is 0.177. The number of ether oxygens (including phenoxy) is 1. The highest BCUT2D eigenvalue weighted by atomic mass is 35.5. The van der Waals surface area contributed by atoms with Crippen LogP contribution in [0.2, 0.25) is 5.02 Å². The molecule has 0 atom stereocenters. The number of piperazine rings is 1. The third-order valence-electron chi connectivity index (χ3n) is 5.34. The minimum atomic E-state index is 0.649. The Hall–Kier alpha value is -2.34. The zero-order chi connectivity index (χ0) is 20.2. The van der Waals surface area contributed by atoms with Gasteiger partial charge in [-0.25, -0.2) is 0 Å². The maximum Gasteiger partial charge on any atom is 0.173 e. The molecule has 0 amide bonds. The smallest absolute Gasteiger partial charge is 0.173 e. The van der Waals surface area contributed by atoms with Crippen LogP contribution < -0.4 is 10.1 Å². The molecule has 1 heterocycles. The molecule has 1 saturated heterocycles. The fraction of sp³-hybridized carbons (Fsp3) is 0.261. The van der Waals surface area contributed by atoms with Gasteiger partial charge < -0.3 is 15.0 Å². The zero-order valence-electron chi connectivity index (χ0n) is 16.4. The quantitative estimate of drug-likeness (QED) is 0.592. The molecule has 6 heteroatoms. The lowest BCUT2D eigenvalue weighted by Gasteiger charge is -2.36. The molecule has 150 valence electrons. The highest BCUT2D eigenvalue weighted by Gasteiger charge is 2.20. The van der Waals surface area contributed by atoms with Crippen molar-refractivity contribution in [2.45, 2.75) is 6.54 Å². The van der Waals surface area contributed by atoms with E-state index in [1.807, 2.05) is 12.1 Å². The molecule has 0 aromatic heterocycles. The van der Waals surface area contributed by atoms with Crippen LogP contribution >= 0.6 is 23.8 Å². The van der Waals surface area contributed by atoms with Crippen molar-refractivity contribution in [1.29, 1.82) is 0 Å². The lowest BCUT2D eigenvalue weighted by Crippen LogP contribution is -2.49. The predicted molar refractivity (Wildman–Crippen MR) is 125 cm³/mol. The van der Waals surface area contributed by atoms with Crippen molar-refractivity contribution in [3.05, 3.63) is 71.2 Å². The third-order valence-corrected chi connectivity index (χ3v) is 5.93. The van der Waals surface area contributed by atoms with Crippen molar-refractivity contribution in [2.24, 2.45) is 0 Å². The maximum absolute atomic E-state index is 6.12. The minimum absolute atomic E-state index is 0.649. The Morgan fingerprint density at radius 2 is 1.79 bits per heavy atom. The molecule has 1 aliphatic heterocycles. The van der Waals surface area contributed by atoms with Gasteiger partial charge >= 0.3 is 0 Å². The summed E-state index contributed by atoms with van der Waals surface area (Å²) < 4.78 is 5.40. The van der Waals surface area contributed by atoms with Crippen LogP contribution in [0.4, 0.5) is 5.69 Å². The Morgan fingerprint density at radius 3 is 2.59 bits per heavy atom. The van der Waals surface area contributed by atoms with Crippen molar-refractivity contribution in [2.75, 3.05) is 38.6 Å². The molecule has 0 aliphatic carbocycles. The van der Waals surface area contributed by atoms with Crippen LogP contribution in [0.5, 0.6) is 5.75 Å². The Bertz CT molecular complexity index is 1010. The van der Waals surface area contributed by atoms with Gasteiger partial charge in [0.2, 0.25) is 0 Å². The van der Waals surface area contributed by atoms with Crippen LogP contribution in [0.1, 0.15) is 5.56 Å². The van der Waals surface area contributed by atoms with Crippen LogP contribution in [0.3, 0.4) is 0 Å². The van der Waals surface area contributed by atoms with E-state index >= 15 is 0 Å². The molecule has 1 aliphatic rings. The first-order valence-corrected chi connectivity index (χ1v) is 10.5. The number of benzene rings is 3. The highest BCUT2D eigenvalue weighted by Crippen LogP contribution is 2.28. The lowest BCUT2D eigenvalue weighted by atomic mass is 10.0. The second-order valence-electron chi connectivity index (χ2n) is 7.18. The van der Waals surface area contributed by atoms with Crippen LogP contribution in [0, 0.1) is 0 Å². The topological polar surface area (TPSA) is 27.7 Å². The summed E-state index contributed by atoms with van der Waals surface area (Å²) in [5.41, 5.74) is 2.17. The van der Waals surface area contributed by atoms with Crippen LogP contribution in [0.25, 0.3) is 10.8 Å². The van der Waals surface area contributed by atoms with E-state index in [0.29, 0.717) is 10.1 Å². The fourth-order valence-corrected chi connectivity index (χ4v) is 4.22. The summed E-state index contributed by atoms with van der Waals surface area (Å²) >= 11 is 11.8. The Kier molecular flexibility index (Phi) is 6.19. The standard InChI is InChI=1S/C23H24ClN3OS/c1-28-22-10-9-19(24)15-21(22)25-23(29)27-13-11-26(12-14-27)16-18-7-4-6-17-5-2-3-8-20(17)18/h2-10,15H,11-14,16H2,1H3,(H,25,29). The Labute approximate surface area is 182 Å². The number of hydrogen-bond donors (Lipinski definition) is 1. The van der Waals surface area contributed by atoms with E-state index < -0.39 is 0 Å². The second-order valence-corrected chi connectivity index (χ2v) is 8.00. The van der Waals surface area contributed by atoms with Gasteiger partial charge in [0.25, 0.3) is 0 Å². The first-order chi connectivity index (χ1) is 14.1. The number of methoxy groups -OCH3 is 1. The Balaban J connectivity index is 1.37. The summed E-state index contributed by atoms with van der Waals surface area (Å²) in [6, 6.07) is 20.6. The molecular formula is C23H24ClN3OS. The van der Waals surface area contributed by atoms with Gasteiger partial charge in [-0.2, -0.15) is 0 Å². The van der Waals surface area contributed by atoms with Gasteiger partial charge in [0.05, 0.1) is 12.8 Å². The average molecular weight is 426 g/mol. The molecule has 0 spiro atoms. The normalized spacial score (nSPS) is 14.8. The van der Waals surface area contributed by atoms with Gasteiger partial charge in [0.15, 0.2) is 5.11 Å². The van der Waals surface area contributed by atoms with Gasteiger partial charge in [0.1, 0.15) is 5.75 Å². The van der Waals surface area contributed by atoms with Crippen LogP contribution in [0.15, 0.2) is 60.7 Å². The highest BCUT2D eigenvalue weighted by molar-refractivity contribution is 7.80. The SMILES string of the molecule is COc1ccc(Cl)cc1NC(=S)N1CCN(Cc2cccc3ccccc23)CC1. The fourth-order valence-electron chi connectivity index (χ4n) is 3.75.